The minimum atomic E-state index is 0.372. The maximum absolute atomic E-state index is 6.15. The van der Waals surface area contributed by atoms with E-state index in [-0.39, 0.29) is 0 Å². The van der Waals surface area contributed by atoms with Gasteiger partial charge in [0.05, 0.1) is 27.9 Å². The van der Waals surface area contributed by atoms with Gasteiger partial charge in [-0.15, -0.1) is 0 Å². The van der Waals surface area contributed by atoms with Crippen molar-refractivity contribution in [3.63, 3.8) is 0 Å². The lowest BCUT2D eigenvalue weighted by molar-refractivity contribution is 0.322. The first-order chi connectivity index (χ1) is 13.2. The number of nitrogens with one attached hydrogen (secondary N) is 1. The molecule has 0 heterocycles. The van der Waals surface area contributed by atoms with Crippen molar-refractivity contribution in [1.82, 2.24) is 0 Å². The molecule has 0 aliphatic heterocycles. The largest absolute Gasteiger partial charge is 0.493 e. The van der Waals surface area contributed by atoms with E-state index in [0.29, 0.717) is 29.8 Å². The number of aliphatic imine (C=N–C) groups is 1. The molecule has 2 aromatic carbocycles. The molecular weight excluding hydrogens is 342 g/mol. The number of nitrogens with zero attached hydrogens (tertiary/aromatic N) is 1. The molecule has 3 N–H and O–H groups in total. The van der Waals surface area contributed by atoms with Crippen LogP contribution in [0.4, 0.5) is 5.69 Å². The van der Waals surface area contributed by atoms with Gasteiger partial charge in [0.2, 0.25) is 5.75 Å². The molecule has 3 rings (SSSR count). The third-order valence-electron chi connectivity index (χ3n) is 4.86. The lowest BCUT2D eigenvalue weighted by Gasteiger charge is -2.20. The van der Waals surface area contributed by atoms with Crippen LogP contribution in [-0.2, 0) is 19.4 Å². The quantitative estimate of drug-likeness (QED) is 0.602. The number of guanidine groups is 1. The van der Waals surface area contributed by atoms with Crippen molar-refractivity contribution < 1.29 is 14.2 Å². The molecule has 1 aliphatic carbocycles. The van der Waals surface area contributed by atoms with Crippen molar-refractivity contribution in [3.05, 3.63) is 47.0 Å². The first-order valence-corrected chi connectivity index (χ1v) is 9.13. The summed E-state index contributed by atoms with van der Waals surface area (Å²) in [6, 6.07) is 10.1. The standard InChI is InChI=1S/C21H27N3O3/c1-25-18-12-11-15(19(26-2)20(18)27-3)13-23-21(22)24-17-10-6-8-14-7-4-5-9-16(14)17/h6,8,10-12H,4-5,7,9,13H2,1-3H3,(H3,22,23,24). The molecule has 0 amide bonds. The van der Waals surface area contributed by atoms with Gasteiger partial charge in [-0.25, -0.2) is 4.99 Å². The average molecular weight is 369 g/mol. The minimum absolute atomic E-state index is 0.372. The number of ether oxygens (including phenoxy) is 3. The summed E-state index contributed by atoms with van der Waals surface area (Å²) in [6.45, 7) is 0.372. The predicted octanol–water partition coefficient (Wildman–Crippen LogP) is 3.52. The van der Waals surface area contributed by atoms with Gasteiger partial charge in [-0.3, -0.25) is 0 Å². The van der Waals surface area contributed by atoms with Crippen LogP contribution in [0.25, 0.3) is 0 Å². The number of methoxy groups -OCH3 is 3. The Hall–Kier alpha value is -2.89. The summed E-state index contributed by atoms with van der Waals surface area (Å²) in [5.41, 5.74) is 10.8. The number of hydrogen-bond acceptors (Lipinski definition) is 4. The third kappa shape index (κ3) is 4.10. The van der Waals surface area contributed by atoms with Crippen LogP contribution in [0.3, 0.4) is 0 Å². The Morgan fingerprint density at radius 2 is 1.78 bits per heavy atom. The second-order valence-electron chi connectivity index (χ2n) is 6.47. The molecule has 0 aromatic heterocycles. The van der Waals surface area contributed by atoms with Crippen LogP contribution in [0.15, 0.2) is 35.3 Å². The molecule has 0 bridgehead atoms. The number of hydrogen-bond donors (Lipinski definition) is 2. The highest BCUT2D eigenvalue weighted by molar-refractivity contribution is 5.93. The van der Waals surface area contributed by atoms with E-state index in [2.05, 4.69) is 28.5 Å². The van der Waals surface area contributed by atoms with Crippen LogP contribution in [0.2, 0.25) is 0 Å². The first kappa shape index (κ1) is 18.9. The monoisotopic (exact) mass is 369 g/mol. The molecule has 27 heavy (non-hydrogen) atoms. The smallest absolute Gasteiger partial charge is 0.203 e. The van der Waals surface area contributed by atoms with Gasteiger partial charge in [0.15, 0.2) is 17.5 Å². The molecule has 6 heteroatoms. The van der Waals surface area contributed by atoms with Gasteiger partial charge in [0.1, 0.15) is 0 Å². The van der Waals surface area contributed by atoms with E-state index in [4.69, 9.17) is 19.9 Å². The molecule has 2 aromatic rings. The van der Waals surface area contributed by atoms with Gasteiger partial charge in [-0.2, -0.15) is 0 Å². The van der Waals surface area contributed by atoms with E-state index in [0.717, 1.165) is 24.1 Å². The zero-order chi connectivity index (χ0) is 19.2. The van der Waals surface area contributed by atoms with Crippen molar-refractivity contribution in [2.24, 2.45) is 10.7 Å². The Morgan fingerprint density at radius 3 is 2.52 bits per heavy atom. The van der Waals surface area contributed by atoms with E-state index in [1.54, 1.807) is 21.3 Å². The molecule has 144 valence electrons. The van der Waals surface area contributed by atoms with Gasteiger partial charge < -0.3 is 25.3 Å². The number of fused-ring (bicyclic) bond motifs is 1. The predicted molar refractivity (Wildman–Crippen MR) is 108 cm³/mol. The van der Waals surface area contributed by atoms with Crippen LogP contribution in [-0.4, -0.2) is 27.3 Å². The molecule has 0 radical (unpaired) electrons. The van der Waals surface area contributed by atoms with Gasteiger partial charge in [0.25, 0.3) is 0 Å². The molecule has 0 spiro atoms. The van der Waals surface area contributed by atoms with Crippen molar-refractivity contribution >= 4 is 11.6 Å². The van der Waals surface area contributed by atoms with E-state index >= 15 is 0 Å². The third-order valence-corrected chi connectivity index (χ3v) is 4.86. The van der Waals surface area contributed by atoms with Gasteiger partial charge in [0, 0.05) is 11.3 Å². The Bertz CT molecular complexity index is 834. The topological polar surface area (TPSA) is 78.1 Å². The maximum Gasteiger partial charge on any atom is 0.203 e. The van der Waals surface area contributed by atoms with Gasteiger partial charge in [-0.05, 0) is 55.0 Å². The van der Waals surface area contributed by atoms with Crippen LogP contribution in [0, 0.1) is 0 Å². The minimum Gasteiger partial charge on any atom is -0.493 e. The molecule has 0 saturated carbocycles. The SMILES string of the molecule is COc1ccc(CN=C(N)Nc2cccc3c2CCCC3)c(OC)c1OC. The summed E-state index contributed by atoms with van der Waals surface area (Å²) in [7, 11) is 4.78. The molecule has 6 nitrogen and oxygen atoms in total. The van der Waals surface area contributed by atoms with Crippen LogP contribution in [0.5, 0.6) is 17.2 Å². The highest BCUT2D eigenvalue weighted by Crippen LogP contribution is 2.40. The summed E-state index contributed by atoms with van der Waals surface area (Å²) >= 11 is 0. The molecule has 0 unspecified atom stereocenters. The molecule has 1 aliphatic rings. The Kier molecular flexibility index (Phi) is 6.06. The fourth-order valence-electron chi connectivity index (χ4n) is 3.53. The summed E-state index contributed by atoms with van der Waals surface area (Å²) in [6.07, 6.45) is 4.67. The second-order valence-corrected chi connectivity index (χ2v) is 6.47. The van der Waals surface area contributed by atoms with Crippen LogP contribution < -0.4 is 25.3 Å². The summed E-state index contributed by atoms with van der Waals surface area (Å²) in [4.78, 5) is 4.49. The lowest BCUT2D eigenvalue weighted by atomic mass is 9.90. The number of benzene rings is 2. The van der Waals surface area contributed by atoms with E-state index in [1.165, 1.54) is 24.0 Å². The highest BCUT2D eigenvalue weighted by Gasteiger charge is 2.16. The lowest BCUT2D eigenvalue weighted by Crippen LogP contribution is -2.24. The van der Waals surface area contributed by atoms with Crippen molar-refractivity contribution in [3.8, 4) is 17.2 Å². The number of aryl methyl sites for hydroxylation is 1. The first-order valence-electron chi connectivity index (χ1n) is 9.13. The van der Waals surface area contributed by atoms with Crippen LogP contribution >= 0.6 is 0 Å². The van der Waals surface area contributed by atoms with Crippen molar-refractivity contribution in [2.45, 2.75) is 32.2 Å². The van der Waals surface area contributed by atoms with E-state index in [9.17, 15) is 0 Å². The molecule has 0 fully saturated rings. The van der Waals surface area contributed by atoms with Crippen molar-refractivity contribution in [1.29, 1.82) is 0 Å². The zero-order valence-corrected chi connectivity index (χ0v) is 16.2. The fraction of sp³-hybridized carbons (Fsp3) is 0.381. The maximum atomic E-state index is 6.15. The second kappa shape index (κ2) is 8.66. The summed E-state index contributed by atoms with van der Waals surface area (Å²) < 4.78 is 16.2. The van der Waals surface area contributed by atoms with Crippen LogP contribution in [0.1, 0.15) is 29.5 Å². The fourth-order valence-corrected chi connectivity index (χ4v) is 3.53. The summed E-state index contributed by atoms with van der Waals surface area (Å²) in [5, 5.41) is 3.26. The Morgan fingerprint density at radius 1 is 1.00 bits per heavy atom. The van der Waals surface area contributed by atoms with Crippen molar-refractivity contribution in [2.75, 3.05) is 26.6 Å². The van der Waals surface area contributed by atoms with E-state index in [1.807, 2.05) is 12.1 Å². The zero-order valence-electron chi connectivity index (χ0n) is 16.2. The van der Waals surface area contributed by atoms with Gasteiger partial charge in [-0.1, -0.05) is 12.1 Å². The number of nitrogens with two attached hydrogens (primary N) is 1. The average Bonchev–Trinajstić information content (AvgIpc) is 2.71. The Labute approximate surface area is 160 Å². The Balaban J connectivity index is 1.79. The molecule has 0 atom stereocenters. The van der Waals surface area contributed by atoms with Gasteiger partial charge >= 0.3 is 0 Å². The number of rotatable bonds is 6. The molecular formula is C21H27N3O3. The molecule has 0 saturated heterocycles. The summed E-state index contributed by atoms with van der Waals surface area (Å²) in [5.74, 6) is 2.15. The van der Waals surface area contributed by atoms with E-state index < -0.39 is 0 Å². The normalized spacial score (nSPS) is 13.7. The highest BCUT2D eigenvalue weighted by atomic mass is 16.5. The number of anilines is 1.